The van der Waals surface area contributed by atoms with E-state index >= 15 is 0 Å². The van der Waals surface area contributed by atoms with Crippen LogP contribution < -0.4 is 0 Å². The first-order chi connectivity index (χ1) is 6.62. The number of alkyl halides is 2. The summed E-state index contributed by atoms with van der Waals surface area (Å²) in [5.74, 6) is -2.83. The molecule has 1 fully saturated rings. The molecule has 2 nitrogen and oxygen atoms in total. The lowest BCUT2D eigenvalue weighted by atomic mass is 9.78. The van der Waals surface area contributed by atoms with Crippen molar-refractivity contribution in [1.82, 2.24) is 4.98 Å². The summed E-state index contributed by atoms with van der Waals surface area (Å²) in [6.07, 6.45) is 1.81. The molecule has 0 aliphatic heterocycles. The number of nitrogens with zero attached hydrogens (tertiary/aromatic N) is 1. The number of carbonyl (C=O) groups excluding carboxylic acids is 1. The van der Waals surface area contributed by atoms with Gasteiger partial charge in [0.1, 0.15) is 0 Å². The van der Waals surface area contributed by atoms with Crippen molar-refractivity contribution >= 4 is 6.29 Å². The number of hydrogen-bond acceptors (Lipinski definition) is 2. The molecule has 0 atom stereocenters. The zero-order chi connectivity index (χ0) is 10.2. The molecular formula is C10H9F2NO. The third kappa shape index (κ3) is 1.52. The van der Waals surface area contributed by atoms with Gasteiger partial charge < -0.3 is 0 Å². The van der Waals surface area contributed by atoms with Gasteiger partial charge in [0.05, 0.1) is 5.69 Å². The quantitative estimate of drug-likeness (QED) is 0.681. The maximum absolute atomic E-state index is 12.6. The predicted molar refractivity (Wildman–Crippen MR) is 46.5 cm³/mol. The Morgan fingerprint density at radius 1 is 1.50 bits per heavy atom. The third-order valence-corrected chi connectivity index (χ3v) is 2.47. The Hall–Kier alpha value is -1.32. The first kappa shape index (κ1) is 9.24. The molecule has 0 N–H and O–H groups in total. The maximum Gasteiger partial charge on any atom is 0.249 e. The van der Waals surface area contributed by atoms with Crippen molar-refractivity contribution < 1.29 is 13.6 Å². The van der Waals surface area contributed by atoms with Crippen molar-refractivity contribution in [2.24, 2.45) is 0 Å². The van der Waals surface area contributed by atoms with E-state index in [1.54, 1.807) is 12.1 Å². The minimum atomic E-state index is -2.57. The molecule has 1 aliphatic carbocycles. The first-order valence-corrected chi connectivity index (χ1v) is 4.40. The van der Waals surface area contributed by atoms with Crippen LogP contribution in [0.15, 0.2) is 18.3 Å². The Bertz CT molecular complexity index is 357. The smallest absolute Gasteiger partial charge is 0.249 e. The summed E-state index contributed by atoms with van der Waals surface area (Å²) in [4.78, 5) is 14.6. The normalized spacial score (nSPS) is 20.1. The highest BCUT2D eigenvalue weighted by Gasteiger charge is 2.47. The Kier molecular flexibility index (Phi) is 2.06. The first-order valence-electron chi connectivity index (χ1n) is 4.40. The van der Waals surface area contributed by atoms with E-state index < -0.39 is 5.92 Å². The standard InChI is InChI=1S/C10H9F2NO/c11-10(12)4-8(5-10)9-7(6-14)2-1-3-13-9/h1-3,6,8H,4-5H2. The number of aromatic nitrogens is 1. The van der Waals surface area contributed by atoms with Crippen LogP contribution in [0, 0.1) is 0 Å². The summed E-state index contributed by atoms with van der Waals surface area (Å²) in [6, 6.07) is 3.23. The second-order valence-electron chi connectivity index (χ2n) is 3.56. The number of hydrogen-bond donors (Lipinski definition) is 0. The minimum absolute atomic E-state index is 0.190. The fourth-order valence-electron chi connectivity index (χ4n) is 1.73. The maximum atomic E-state index is 12.6. The van der Waals surface area contributed by atoms with Gasteiger partial charge in [-0.25, -0.2) is 8.78 Å². The number of rotatable bonds is 2. The van der Waals surface area contributed by atoms with Crippen molar-refractivity contribution in [1.29, 1.82) is 0 Å². The number of aldehydes is 1. The third-order valence-electron chi connectivity index (χ3n) is 2.47. The summed E-state index contributed by atoms with van der Waals surface area (Å²) in [7, 11) is 0. The Balaban J connectivity index is 2.22. The van der Waals surface area contributed by atoms with Gasteiger partial charge in [0.2, 0.25) is 5.92 Å². The van der Waals surface area contributed by atoms with Gasteiger partial charge in [0.15, 0.2) is 6.29 Å². The average Bonchev–Trinajstić information content (AvgIpc) is 2.14. The van der Waals surface area contributed by atoms with E-state index in [1.807, 2.05) is 0 Å². The van der Waals surface area contributed by atoms with Crippen LogP contribution in [0.1, 0.15) is 34.8 Å². The zero-order valence-corrected chi connectivity index (χ0v) is 7.41. The number of carbonyl (C=O) groups is 1. The van der Waals surface area contributed by atoms with E-state index in [1.165, 1.54) is 6.20 Å². The SMILES string of the molecule is O=Cc1cccnc1C1CC(F)(F)C1. The van der Waals surface area contributed by atoms with Crippen LogP contribution in [0.25, 0.3) is 0 Å². The average molecular weight is 197 g/mol. The highest BCUT2D eigenvalue weighted by atomic mass is 19.3. The van der Waals surface area contributed by atoms with Crippen LogP contribution in [0.2, 0.25) is 0 Å². The molecule has 0 saturated heterocycles. The highest BCUT2D eigenvalue weighted by molar-refractivity contribution is 5.76. The molecule has 4 heteroatoms. The molecule has 74 valence electrons. The second kappa shape index (κ2) is 3.12. The lowest BCUT2D eigenvalue weighted by Gasteiger charge is -2.34. The molecule has 1 aromatic rings. The van der Waals surface area contributed by atoms with Crippen molar-refractivity contribution in [3.8, 4) is 0 Å². The molecular weight excluding hydrogens is 188 g/mol. The Morgan fingerprint density at radius 2 is 2.21 bits per heavy atom. The monoisotopic (exact) mass is 197 g/mol. The molecule has 0 radical (unpaired) electrons. The highest BCUT2D eigenvalue weighted by Crippen LogP contribution is 2.48. The van der Waals surface area contributed by atoms with E-state index in [0.29, 0.717) is 17.5 Å². The molecule has 0 bridgehead atoms. The van der Waals surface area contributed by atoms with Crippen LogP contribution in [-0.2, 0) is 0 Å². The summed E-state index contributed by atoms with van der Waals surface area (Å²) < 4.78 is 25.2. The predicted octanol–water partition coefficient (Wildman–Crippen LogP) is 2.41. The topological polar surface area (TPSA) is 30.0 Å². The van der Waals surface area contributed by atoms with Gasteiger partial charge in [-0.05, 0) is 12.1 Å². The summed E-state index contributed by atoms with van der Waals surface area (Å²) in [6.45, 7) is 0. The number of halogens is 2. The van der Waals surface area contributed by atoms with Crippen molar-refractivity contribution in [2.45, 2.75) is 24.7 Å². The van der Waals surface area contributed by atoms with E-state index in [0.717, 1.165) is 0 Å². The Morgan fingerprint density at radius 3 is 2.79 bits per heavy atom. The van der Waals surface area contributed by atoms with Gasteiger partial charge in [-0.15, -0.1) is 0 Å². The summed E-state index contributed by atoms with van der Waals surface area (Å²) in [5, 5.41) is 0. The molecule has 14 heavy (non-hydrogen) atoms. The van der Waals surface area contributed by atoms with Crippen LogP contribution >= 0.6 is 0 Å². The molecule has 0 amide bonds. The lowest BCUT2D eigenvalue weighted by molar-refractivity contribution is -0.0876. The lowest BCUT2D eigenvalue weighted by Crippen LogP contribution is -2.34. The van der Waals surface area contributed by atoms with Gasteiger partial charge >= 0.3 is 0 Å². The fraction of sp³-hybridized carbons (Fsp3) is 0.400. The Labute approximate surface area is 80.0 Å². The molecule has 1 aromatic heterocycles. The van der Waals surface area contributed by atoms with Crippen molar-refractivity contribution in [3.63, 3.8) is 0 Å². The molecule has 0 aromatic carbocycles. The second-order valence-corrected chi connectivity index (χ2v) is 3.56. The molecule has 0 spiro atoms. The van der Waals surface area contributed by atoms with E-state index in [4.69, 9.17) is 0 Å². The van der Waals surface area contributed by atoms with Crippen molar-refractivity contribution in [2.75, 3.05) is 0 Å². The number of pyridine rings is 1. The van der Waals surface area contributed by atoms with Crippen molar-refractivity contribution in [3.05, 3.63) is 29.6 Å². The van der Waals surface area contributed by atoms with E-state index in [2.05, 4.69) is 4.98 Å². The fourth-order valence-corrected chi connectivity index (χ4v) is 1.73. The molecule has 1 heterocycles. The molecule has 1 aliphatic rings. The van der Waals surface area contributed by atoms with Crippen LogP contribution in [-0.4, -0.2) is 17.2 Å². The minimum Gasteiger partial charge on any atom is -0.298 e. The van der Waals surface area contributed by atoms with Gasteiger partial charge in [-0.2, -0.15) is 0 Å². The summed E-state index contributed by atoms with van der Waals surface area (Å²) in [5.41, 5.74) is 0.932. The van der Waals surface area contributed by atoms with Crippen LogP contribution in [0.4, 0.5) is 8.78 Å². The largest absolute Gasteiger partial charge is 0.298 e. The van der Waals surface area contributed by atoms with Gasteiger partial charge in [0.25, 0.3) is 0 Å². The van der Waals surface area contributed by atoms with Gasteiger partial charge in [0, 0.05) is 30.5 Å². The molecule has 2 rings (SSSR count). The summed E-state index contributed by atoms with van der Waals surface area (Å²) >= 11 is 0. The zero-order valence-electron chi connectivity index (χ0n) is 7.41. The van der Waals surface area contributed by atoms with Crippen LogP contribution in [0.5, 0.6) is 0 Å². The molecule has 0 unspecified atom stereocenters. The van der Waals surface area contributed by atoms with E-state index in [-0.39, 0.29) is 18.8 Å². The van der Waals surface area contributed by atoms with E-state index in [9.17, 15) is 13.6 Å². The van der Waals surface area contributed by atoms with Gasteiger partial charge in [-0.3, -0.25) is 9.78 Å². The van der Waals surface area contributed by atoms with Crippen LogP contribution in [0.3, 0.4) is 0 Å². The molecule has 1 saturated carbocycles. The van der Waals surface area contributed by atoms with Gasteiger partial charge in [-0.1, -0.05) is 0 Å².